The van der Waals surface area contributed by atoms with Gasteiger partial charge < -0.3 is 10.0 Å². The number of hydrogen-bond donors (Lipinski definition) is 1. The molecule has 1 aliphatic heterocycles. The molecule has 2 amide bonds. The Morgan fingerprint density at radius 2 is 1.96 bits per heavy atom. The van der Waals surface area contributed by atoms with Crippen LogP contribution in [0.2, 0.25) is 0 Å². The predicted molar refractivity (Wildman–Crippen MR) is 95.1 cm³/mol. The number of carboxylic acid groups (broad SMARTS) is 1. The highest BCUT2D eigenvalue weighted by molar-refractivity contribution is 9.10. The van der Waals surface area contributed by atoms with Crippen molar-refractivity contribution in [2.75, 3.05) is 18.0 Å². The van der Waals surface area contributed by atoms with Gasteiger partial charge in [0.1, 0.15) is 6.54 Å². The molecule has 24 heavy (non-hydrogen) atoms. The maximum Gasteiger partial charge on any atom is 0.407 e. The van der Waals surface area contributed by atoms with E-state index in [2.05, 4.69) is 15.9 Å². The number of halogens is 1. The summed E-state index contributed by atoms with van der Waals surface area (Å²) in [6, 6.07) is 14.9. The lowest BCUT2D eigenvalue weighted by Crippen LogP contribution is -2.54. The number of anilines is 1. The molecule has 0 aliphatic carbocycles. The molecule has 0 radical (unpaired) electrons. The van der Waals surface area contributed by atoms with Crippen LogP contribution in [0.3, 0.4) is 0 Å². The number of amides is 2. The molecule has 5 nitrogen and oxygen atoms in total. The van der Waals surface area contributed by atoms with E-state index in [0.29, 0.717) is 0 Å². The van der Waals surface area contributed by atoms with Crippen LogP contribution in [0.1, 0.15) is 17.2 Å². The van der Waals surface area contributed by atoms with Crippen molar-refractivity contribution >= 4 is 33.6 Å². The van der Waals surface area contributed by atoms with Crippen LogP contribution in [0.4, 0.5) is 10.5 Å². The molecule has 2 aromatic rings. The van der Waals surface area contributed by atoms with Crippen molar-refractivity contribution in [1.82, 2.24) is 4.90 Å². The lowest BCUT2D eigenvalue weighted by atomic mass is 10.00. The number of rotatable bonds is 2. The molecular weight excluding hydrogens is 372 g/mol. The van der Waals surface area contributed by atoms with E-state index in [4.69, 9.17) is 0 Å². The highest BCUT2D eigenvalue weighted by atomic mass is 79.9. The van der Waals surface area contributed by atoms with Gasteiger partial charge in [-0.2, -0.15) is 0 Å². The molecule has 0 saturated carbocycles. The SMILES string of the molecule is Cc1ccccc1N1C(=O)CN(C(=O)O)CC1c1cccc(Br)c1. The van der Waals surface area contributed by atoms with Crippen LogP contribution in [0, 0.1) is 6.92 Å². The molecule has 2 aromatic carbocycles. The Bertz CT molecular complexity index is 793. The smallest absolute Gasteiger partial charge is 0.407 e. The Hall–Kier alpha value is -2.34. The average molecular weight is 389 g/mol. The first-order valence-electron chi connectivity index (χ1n) is 7.58. The molecule has 1 heterocycles. The van der Waals surface area contributed by atoms with Gasteiger partial charge in [0, 0.05) is 16.7 Å². The van der Waals surface area contributed by atoms with E-state index in [9.17, 15) is 14.7 Å². The Morgan fingerprint density at radius 1 is 1.21 bits per heavy atom. The van der Waals surface area contributed by atoms with Gasteiger partial charge in [0.2, 0.25) is 5.91 Å². The molecule has 0 spiro atoms. The van der Waals surface area contributed by atoms with E-state index < -0.39 is 6.09 Å². The summed E-state index contributed by atoms with van der Waals surface area (Å²) < 4.78 is 0.893. The van der Waals surface area contributed by atoms with Gasteiger partial charge in [0.05, 0.1) is 6.04 Å². The van der Waals surface area contributed by atoms with Crippen LogP contribution < -0.4 is 4.90 Å². The zero-order chi connectivity index (χ0) is 17.3. The first kappa shape index (κ1) is 16.5. The molecule has 1 unspecified atom stereocenters. The number of carbonyl (C=O) groups is 2. The summed E-state index contributed by atoms with van der Waals surface area (Å²) in [5, 5.41) is 9.33. The van der Waals surface area contributed by atoms with E-state index in [1.807, 2.05) is 55.5 Å². The number of piperazine rings is 1. The zero-order valence-corrected chi connectivity index (χ0v) is 14.7. The Morgan fingerprint density at radius 3 is 2.62 bits per heavy atom. The summed E-state index contributed by atoms with van der Waals surface area (Å²) in [7, 11) is 0. The zero-order valence-electron chi connectivity index (χ0n) is 13.1. The third-order valence-corrected chi connectivity index (χ3v) is 4.67. The standard InChI is InChI=1S/C18H17BrN2O3/c1-12-5-2-3-8-15(12)21-16(13-6-4-7-14(19)9-13)10-20(18(23)24)11-17(21)22/h2-9,16H,10-11H2,1H3,(H,23,24). The number of benzene rings is 2. The molecule has 6 heteroatoms. The minimum Gasteiger partial charge on any atom is -0.465 e. The van der Waals surface area contributed by atoms with Crippen LogP contribution in [-0.2, 0) is 4.79 Å². The van der Waals surface area contributed by atoms with Gasteiger partial charge in [-0.25, -0.2) is 4.79 Å². The second-order valence-corrected chi connectivity index (χ2v) is 6.70. The van der Waals surface area contributed by atoms with Crippen molar-refractivity contribution in [2.45, 2.75) is 13.0 Å². The second kappa shape index (κ2) is 6.65. The first-order chi connectivity index (χ1) is 11.5. The van der Waals surface area contributed by atoms with Crippen LogP contribution in [0.15, 0.2) is 53.0 Å². The molecule has 0 bridgehead atoms. The first-order valence-corrected chi connectivity index (χ1v) is 8.37. The van der Waals surface area contributed by atoms with Gasteiger partial charge in [-0.1, -0.05) is 46.3 Å². The van der Waals surface area contributed by atoms with E-state index in [-0.39, 0.29) is 25.0 Å². The minimum absolute atomic E-state index is 0.131. The summed E-state index contributed by atoms with van der Waals surface area (Å²) in [5.41, 5.74) is 2.69. The van der Waals surface area contributed by atoms with E-state index in [0.717, 1.165) is 21.3 Å². The van der Waals surface area contributed by atoms with E-state index in [1.54, 1.807) is 4.90 Å². The third kappa shape index (κ3) is 3.14. The molecule has 1 N–H and O–H groups in total. The third-order valence-electron chi connectivity index (χ3n) is 4.18. The quantitative estimate of drug-likeness (QED) is 0.850. The minimum atomic E-state index is -1.08. The van der Waals surface area contributed by atoms with Crippen molar-refractivity contribution in [3.63, 3.8) is 0 Å². The summed E-state index contributed by atoms with van der Waals surface area (Å²) in [4.78, 5) is 27.0. The maximum absolute atomic E-state index is 12.7. The maximum atomic E-state index is 12.7. The summed E-state index contributed by atoms with van der Waals surface area (Å²) >= 11 is 3.45. The fraction of sp³-hybridized carbons (Fsp3) is 0.222. The fourth-order valence-electron chi connectivity index (χ4n) is 3.02. The number of para-hydroxylation sites is 1. The summed E-state index contributed by atoms with van der Waals surface area (Å²) in [6.45, 7) is 2.06. The lowest BCUT2D eigenvalue weighted by molar-refractivity contribution is -0.121. The molecule has 1 aliphatic rings. The van der Waals surface area contributed by atoms with Crippen LogP contribution in [0.5, 0.6) is 0 Å². The van der Waals surface area contributed by atoms with Gasteiger partial charge in [-0.05, 0) is 36.2 Å². The number of carbonyl (C=O) groups excluding carboxylic acids is 1. The Balaban J connectivity index is 2.08. The number of hydrogen-bond acceptors (Lipinski definition) is 2. The lowest BCUT2D eigenvalue weighted by Gasteiger charge is -2.41. The second-order valence-electron chi connectivity index (χ2n) is 5.78. The van der Waals surface area contributed by atoms with Gasteiger partial charge in [0.25, 0.3) is 0 Å². The van der Waals surface area contributed by atoms with Gasteiger partial charge in [-0.3, -0.25) is 9.69 Å². The monoisotopic (exact) mass is 388 g/mol. The van der Waals surface area contributed by atoms with Crippen LogP contribution in [-0.4, -0.2) is 35.1 Å². The van der Waals surface area contributed by atoms with Crippen LogP contribution >= 0.6 is 15.9 Å². The van der Waals surface area contributed by atoms with Gasteiger partial charge in [0.15, 0.2) is 0 Å². The van der Waals surface area contributed by atoms with E-state index in [1.165, 1.54) is 4.90 Å². The van der Waals surface area contributed by atoms with Crippen LogP contribution in [0.25, 0.3) is 0 Å². The van der Waals surface area contributed by atoms with Gasteiger partial charge in [-0.15, -0.1) is 0 Å². The van der Waals surface area contributed by atoms with Crippen molar-refractivity contribution in [3.05, 3.63) is 64.1 Å². The summed E-state index contributed by atoms with van der Waals surface area (Å²) in [6.07, 6.45) is -1.08. The normalized spacial score (nSPS) is 17.9. The number of aryl methyl sites for hydroxylation is 1. The Labute approximate surface area is 148 Å². The molecule has 0 aromatic heterocycles. The summed E-state index contributed by atoms with van der Waals surface area (Å²) in [5.74, 6) is -0.220. The highest BCUT2D eigenvalue weighted by Gasteiger charge is 2.37. The average Bonchev–Trinajstić information content (AvgIpc) is 2.55. The number of nitrogens with zero attached hydrogens (tertiary/aromatic N) is 2. The van der Waals surface area contributed by atoms with Gasteiger partial charge >= 0.3 is 6.09 Å². The van der Waals surface area contributed by atoms with E-state index >= 15 is 0 Å². The molecule has 1 saturated heterocycles. The van der Waals surface area contributed by atoms with Crippen molar-refractivity contribution in [1.29, 1.82) is 0 Å². The van der Waals surface area contributed by atoms with Crippen molar-refractivity contribution in [3.8, 4) is 0 Å². The molecular formula is C18H17BrN2O3. The topological polar surface area (TPSA) is 60.9 Å². The molecule has 124 valence electrons. The molecule has 1 atom stereocenters. The molecule has 3 rings (SSSR count). The fourth-order valence-corrected chi connectivity index (χ4v) is 3.44. The Kier molecular flexibility index (Phi) is 4.57. The van der Waals surface area contributed by atoms with Crippen molar-refractivity contribution in [2.24, 2.45) is 0 Å². The molecule has 1 fully saturated rings. The highest BCUT2D eigenvalue weighted by Crippen LogP contribution is 2.34. The largest absolute Gasteiger partial charge is 0.465 e. The van der Waals surface area contributed by atoms with Crippen molar-refractivity contribution < 1.29 is 14.7 Å². The predicted octanol–water partition coefficient (Wildman–Crippen LogP) is 3.83.